The molecule has 2 heterocycles. The second kappa shape index (κ2) is 6.68. The van der Waals surface area contributed by atoms with Crippen molar-refractivity contribution in [3.05, 3.63) is 11.7 Å². The second-order valence-electron chi connectivity index (χ2n) is 6.88. The van der Waals surface area contributed by atoms with E-state index < -0.39 is 0 Å². The van der Waals surface area contributed by atoms with Gasteiger partial charge in [0.05, 0.1) is 6.54 Å². The molecule has 0 bridgehead atoms. The molecule has 5 heteroatoms. The number of hydrogen-bond donors (Lipinski definition) is 1. The first-order chi connectivity index (χ1) is 9.49. The van der Waals surface area contributed by atoms with Crippen molar-refractivity contribution in [2.45, 2.75) is 52.0 Å². The summed E-state index contributed by atoms with van der Waals surface area (Å²) >= 11 is 0. The van der Waals surface area contributed by atoms with Crippen LogP contribution in [0, 0.1) is 5.92 Å². The minimum Gasteiger partial charge on any atom is -0.339 e. The average Bonchev–Trinajstić information content (AvgIpc) is 2.86. The third-order valence-corrected chi connectivity index (χ3v) is 3.98. The van der Waals surface area contributed by atoms with Gasteiger partial charge in [0.2, 0.25) is 5.89 Å². The maximum absolute atomic E-state index is 5.35. The van der Waals surface area contributed by atoms with E-state index in [1.54, 1.807) is 0 Å². The summed E-state index contributed by atoms with van der Waals surface area (Å²) in [6, 6.07) is 0. The Bertz CT molecular complexity index is 402. The average molecular weight is 280 g/mol. The van der Waals surface area contributed by atoms with Gasteiger partial charge >= 0.3 is 0 Å². The Labute approximate surface area is 122 Å². The van der Waals surface area contributed by atoms with Gasteiger partial charge in [-0.3, -0.25) is 4.90 Å². The van der Waals surface area contributed by atoms with Gasteiger partial charge in [0.15, 0.2) is 5.82 Å². The summed E-state index contributed by atoms with van der Waals surface area (Å²) in [5, 5.41) is 7.34. The summed E-state index contributed by atoms with van der Waals surface area (Å²) in [7, 11) is 2.03. The molecule has 20 heavy (non-hydrogen) atoms. The smallest absolute Gasteiger partial charge is 0.232 e. The Morgan fingerprint density at radius 1 is 1.30 bits per heavy atom. The molecule has 1 aliphatic heterocycles. The summed E-state index contributed by atoms with van der Waals surface area (Å²) in [5.41, 5.74) is -0.0641. The Hall–Kier alpha value is -0.940. The van der Waals surface area contributed by atoms with Gasteiger partial charge in [-0.2, -0.15) is 4.98 Å². The van der Waals surface area contributed by atoms with E-state index in [0.29, 0.717) is 0 Å². The summed E-state index contributed by atoms with van der Waals surface area (Å²) in [4.78, 5) is 6.95. The summed E-state index contributed by atoms with van der Waals surface area (Å²) in [6.07, 6.45) is 3.86. The van der Waals surface area contributed by atoms with Crippen molar-refractivity contribution in [3.63, 3.8) is 0 Å². The van der Waals surface area contributed by atoms with Gasteiger partial charge < -0.3 is 9.84 Å². The van der Waals surface area contributed by atoms with Gasteiger partial charge in [0.25, 0.3) is 0 Å². The molecule has 1 aliphatic rings. The van der Waals surface area contributed by atoms with Crippen molar-refractivity contribution in [3.8, 4) is 0 Å². The van der Waals surface area contributed by atoms with E-state index >= 15 is 0 Å². The molecule has 0 aromatic carbocycles. The first-order valence-corrected chi connectivity index (χ1v) is 7.69. The number of nitrogens with zero attached hydrogens (tertiary/aromatic N) is 3. The van der Waals surface area contributed by atoms with Crippen LogP contribution in [0.4, 0.5) is 0 Å². The SMILES string of the molecule is CNCCC1CCN(Cc2noc(C(C)(C)C)n2)CC1. The van der Waals surface area contributed by atoms with Gasteiger partial charge in [-0.25, -0.2) is 0 Å². The van der Waals surface area contributed by atoms with Crippen molar-refractivity contribution in [2.24, 2.45) is 5.92 Å². The monoisotopic (exact) mass is 280 g/mol. The molecule has 2 rings (SSSR count). The molecule has 1 fully saturated rings. The molecule has 0 saturated carbocycles. The highest BCUT2D eigenvalue weighted by atomic mass is 16.5. The highest BCUT2D eigenvalue weighted by molar-refractivity contribution is 4.98. The van der Waals surface area contributed by atoms with Crippen LogP contribution < -0.4 is 5.32 Å². The number of rotatable bonds is 5. The minimum atomic E-state index is -0.0641. The standard InChI is InChI=1S/C15H28N4O/c1-15(2,3)14-17-13(18-20-14)11-19-9-6-12(7-10-19)5-8-16-4/h12,16H,5-11H2,1-4H3. The fourth-order valence-corrected chi connectivity index (χ4v) is 2.60. The molecule has 0 atom stereocenters. The van der Waals surface area contributed by atoms with E-state index in [0.717, 1.165) is 43.8 Å². The first kappa shape index (κ1) is 15.4. The lowest BCUT2D eigenvalue weighted by molar-refractivity contribution is 0.167. The molecule has 1 N–H and O–H groups in total. The van der Waals surface area contributed by atoms with Gasteiger partial charge in [0, 0.05) is 5.41 Å². The van der Waals surface area contributed by atoms with Crippen LogP contribution >= 0.6 is 0 Å². The Balaban J connectivity index is 1.79. The lowest BCUT2D eigenvalue weighted by Gasteiger charge is -2.31. The highest BCUT2D eigenvalue weighted by Crippen LogP contribution is 2.23. The molecular formula is C15H28N4O. The largest absolute Gasteiger partial charge is 0.339 e. The van der Waals surface area contributed by atoms with Crippen LogP contribution in [0.25, 0.3) is 0 Å². The molecule has 0 amide bonds. The Morgan fingerprint density at radius 2 is 2.00 bits per heavy atom. The Morgan fingerprint density at radius 3 is 2.55 bits per heavy atom. The minimum absolute atomic E-state index is 0.0641. The lowest BCUT2D eigenvalue weighted by Crippen LogP contribution is -2.34. The first-order valence-electron chi connectivity index (χ1n) is 7.69. The fraction of sp³-hybridized carbons (Fsp3) is 0.867. The zero-order valence-corrected chi connectivity index (χ0v) is 13.3. The molecule has 0 aliphatic carbocycles. The fourth-order valence-electron chi connectivity index (χ4n) is 2.60. The topological polar surface area (TPSA) is 54.2 Å². The second-order valence-corrected chi connectivity index (χ2v) is 6.88. The maximum Gasteiger partial charge on any atom is 0.232 e. The number of aromatic nitrogens is 2. The van der Waals surface area contributed by atoms with Crippen molar-refractivity contribution < 1.29 is 4.52 Å². The molecule has 1 aromatic rings. The summed E-state index contributed by atoms with van der Waals surface area (Å²) < 4.78 is 5.35. The van der Waals surface area contributed by atoms with Crippen molar-refractivity contribution >= 4 is 0 Å². The highest BCUT2D eigenvalue weighted by Gasteiger charge is 2.24. The van der Waals surface area contributed by atoms with Crippen LogP contribution in [0.5, 0.6) is 0 Å². The van der Waals surface area contributed by atoms with E-state index in [-0.39, 0.29) is 5.41 Å². The predicted molar refractivity (Wildman–Crippen MR) is 79.5 cm³/mol. The molecule has 0 radical (unpaired) electrons. The number of nitrogens with one attached hydrogen (secondary N) is 1. The lowest BCUT2D eigenvalue weighted by atomic mass is 9.93. The predicted octanol–water partition coefficient (Wildman–Crippen LogP) is 2.19. The molecule has 0 unspecified atom stereocenters. The molecule has 0 spiro atoms. The summed E-state index contributed by atoms with van der Waals surface area (Å²) in [5.74, 6) is 2.43. The molecule has 114 valence electrons. The van der Waals surface area contributed by atoms with Crippen LogP contribution in [-0.4, -0.2) is 41.7 Å². The van der Waals surface area contributed by atoms with Gasteiger partial charge in [0.1, 0.15) is 0 Å². The van der Waals surface area contributed by atoms with Gasteiger partial charge in [-0.05, 0) is 51.9 Å². The van der Waals surface area contributed by atoms with Crippen LogP contribution in [0.3, 0.4) is 0 Å². The molecule has 5 nitrogen and oxygen atoms in total. The molecule has 1 aromatic heterocycles. The number of likely N-dealkylation sites (tertiary alicyclic amines) is 1. The van der Waals surface area contributed by atoms with E-state index in [1.165, 1.54) is 19.3 Å². The van der Waals surface area contributed by atoms with Gasteiger partial charge in [-0.15, -0.1) is 0 Å². The number of piperidine rings is 1. The van der Waals surface area contributed by atoms with Crippen molar-refractivity contribution in [1.29, 1.82) is 0 Å². The maximum atomic E-state index is 5.35. The molecule has 1 saturated heterocycles. The normalized spacial score (nSPS) is 18.6. The van der Waals surface area contributed by atoms with E-state index in [2.05, 4.69) is 41.1 Å². The van der Waals surface area contributed by atoms with Crippen LogP contribution in [-0.2, 0) is 12.0 Å². The van der Waals surface area contributed by atoms with Crippen LogP contribution in [0.1, 0.15) is 51.7 Å². The number of hydrogen-bond acceptors (Lipinski definition) is 5. The third-order valence-electron chi connectivity index (χ3n) is 3.98. The van der Waals surface area contributed by atoms with Crippen LogP contribution in [0.2, 0.25) is 0 Å². The zero-order chi connectivity index (χ0) is 14.6. The van der Waals surface area contributed by atoms with Crippen molar-refractivity contribution in [2.75, 3.05) is 26.7 Å². The third kappa shape index (κ3) is 4.28. The van der Waals surface area contributed by atoms with Gasteiger partial charge in [-0.1, -0.05) is 25.9 Å². The van der Waals surface area contributed by atoms with E-state index in [9.17, 15) is 0 Å². The van der Waals surface area contributed by atoms with E-state index in [1.807, 2.05) is 7.05 Å². The Kier molecular flexibility index (Phi) is 5.16. The quantitative estimate of drug-likeness (QED) is 0.896. The van der Waals surface area contributed by atoms with Crippen molar-refractivity contribution in [1.82, 2.24) is 20.4 Å². The molecular weight excluding hydrogens is 252 g/mol. The summed E-state index contributed by atoms with van der Waals surface area (Å²) in [6.45, 7) is 10.5. The van der Waals surface area contributed by atoms with Crippen LogP contribution in [0.15, 0.2) is 4.52 Å². The van der Waals surface area contributed by atoms with E-state index in [4.69, 9.17) is 4.52 Å². The zero-order valence-electron chi connectivity index (χ0n) is 13.3.